The van der Waals surface area contributed by atoms with Crippen LogP contribution in [-0.4, -0.2) is 37.0 Å². The SMILES string of the molecule is CCOc1cc(C=C2C(=O)N(c3ccccc3)C(=O)N(c3ccccc3)C2=O)cc(Br)c1OCC(=O)Nc1ccccc1C. The van der Waals surface area contributed by atoms with E-state index in [2.05, 4.69) is 21.2 Å². The smallest absolute Gasteiger partial charge is 0.343 e. The zero-order chi connectivity index (χ0) is 31.2. The van der Waals surface area contributed by atoms with Gasteiger partial charge in [-0.05, 0) is 89.4 Å². The predicted octanol–water partition coefficient (Wildman–Crippen LogP) is 6.76. The molecule has 0 unspecified atom stereocenters. The molecule has 1 heterocycles. The number of carbonyl (C=O) groups excluding carboxylic acids is 4. The van der Waals surface area contributed by atoms with Crippen LogP contribution in [0.3, 0.4) is 0 Å². The fourth-order valence-electron chi connectivity index (χ4n) is 4.62. The Bertz CT molecular complexity index is 1690. The Labute approximate surface area is 262 Å². The molecular formula is C34H28BrN3O6. The Kier molecular flexibility index (Phi) is 9.20. The van der Waals surface area contributed by atoms with Gasteiger partial charge in [0.2, 0.25) is 0 Å². The van der Waals surface area contributed by atoms with Crippen LogP contribution in [0.1, 0.15) is 18.1 Å². The highest BCUT2D eigenvalue weighted by Gasteiger charge is 2.43. The maximum Gasteiger partial charge on any atom is 0.343 e. The zero-order valence-electron chi connectivity index (χ0n) is 24.0. The van der Waals surface area contributed by atoms with Gasteiger partial charge in [0.1, 0.15) is 5.57 Å². The van der Waals surface area contributed by atoms with E-state index in [0.717, 1.165) is 15.4 Å². The van der Waals surface area contributed by atoms with Crippen molar-refractivity contribution in [1.29, 1.82) is 0 Å². The maximum atomic E-state index is 13.7. The van der Waals surface area contributed by atoms with Gasteiger partial charge in [0.05, 0.1) is 22.5 Å². The summed E-state index contributed by atoms with van der Waals surface area (Å²) in [7, 11) is 0. The molecule has 4 aromatic carbocycles. The lowest BCUT2D eigenvalue weighted by molar-refractivity contribution is -0.121. The largest absolute Gasteiger partial charge is 0.490 e. The molecule has 1 N–H and O–H groups in total. The number of para-hydroxylation sites is 3. The van der Waals surface area contributed by atoms with Crippen LogP contribution in [0.15, 0.2) is 107 Å². The topological polar surface area (TPSA) is 105 Å². The first kappa shape index (κ1) is 30.2. The Morgan fingerprint density at radius 2 is 1.39 bits per heavy atom. The molecule has 1 saturated heterocycles. The molecular weight excluding hydrogens is 626 g/mol. The molecule has 9 nitrogen and oxygen atoms in total. The molecule has 0 bridgehead atoms. The molecule has 0 saturated carbocycles. The van der Waals surface area contributed by atoms with Crippen molar-refractivity contribution in [2.45, 2.75) is 13.8 Å². The highest BCUT2D eigenvalue weighted by atomic mass is 79.9. The van der Waals surface area contributed by atoms with E-state index in [1.165, 1.54) is 6.08 Å². The Balaban J connectivity index is 1.48. The molecule has 10 heteroatoms. The fourth-order valence-corrected chi connectivity index (χ4v) is 5.19. The van der Waals surface area contributed by atoms with Gasteiger partial charge in [-0.1, -0.05) is 54.6 Å². The van der Waals surface area contributed by atoms with Gasteiger partial charge in [-0.2, -0.15) is 0 Å². The number of imide groups is 2. The van der Waals surface area contributed by atoms with E-state index in [1.54, 1.807) is 85.8 Å². The average molecular weight is 655 g/mol. The number of benzene rings is 4. The third-order valence-corrected chi connectivity index (χ3v) is 7.28. The second kappa shape index (κ2) is 13.4. The Morgan fingerprint density at radius 1 is 0.818 bits per heavy atom. The van der Waals surface area contributed by atoms with Crippen molar-refractivity contribution < 1.29 is 28.7 Å². The number of urea groups is 1. The number of carbonyl (C=O) groups is 4. The van der Waals surface area contributed by atoms with Crippen molar-refractivity contribution in [1.82, 2.24) is 0 Å². The molecule has 0 spiro atoms. The lowest BCUT2D eigenvalue weighted by Gasteiger charge is -2.34. The third kappa shape index (κ3) is 6.40. The van der Waals surface area contributed by atoms with E-state index in [-0.39, 0.29) is 30.4 Å². The van der Waals surface area contributed by atoms with Gasteiger partial charge in [0.15, 0.2) is 18.1 Å². The quantitative estimate of drug-likeness (QED) is 0.158. The lowest BCUT2D eigenvalue weighted by atomic mass is 10.0. The van der Waals surface area contributed by atoms with Crippen LogP contribution in [0.4, 0.5) is 21.9 Å². The van der Waals surface area contributed by atoms with Crippen LogP contribution in [-0.2, 0) is 14.4 Å². The molecule has 0 aromatic heterocycles. The third-order valence-electron chi connectivity index (χ3n) is 6.69. The molecule has 222 valence electrons. The van der Waals surface area contributed by atoms with Crippen molar-refractivity contribution in [2.75, 3.05) is 28.3 Å². The molecule has 5 amide bonds. The Morgan fingerprint density at radius 3 is 1.95 bits per heavy atom. The highest BCUT2D eigenvalue weighted by Crippen LogP contribution is 2.38. The van der Waals surface area contributed by atoms with Gasteiger partial charge >= 0.3 is 6.03 Å². The highest BCUT2D eigenvalue weighted by molar-refractivity contribution is 9.10. The van der Waals surface area contributed by atoms with Crippen molar-refractivity contribution >= 4 is 62.8 Å². The number of anilines is 3. The van der Waals surface area contributed by atoms with Crippen LogP contribution in [0.2, 0.25) is 0 Å². The molecule has 44 heavy (non-hydrogen) atoms. The van der Waals surface area contributed by atoms with E-state index in [0.29, 0.717) is 32.8 Å². The van der Waals surface area contributed by atoms with Crippen molar-refractivity contribution in [3.63, 3.8) is 0 Å². The summed E-state index contributed by atoms with van der Waals surface area (Å²) < 4.78 is 12.1. The summed E-state index contributed by atoms with van der Waals surface area (Å²) in [5.74, 6) is -1.31. The number of ether oxygens (including phenoxy) is 2. The van der Waals surface area contributed by atoms with Crippen molar-refractivity contribution in [3.05, 3.63) is 118 Å². The average Bonchev–Trinajstić information content (AvgIpc) is 3.01. The summed E-state index contributed by atoms with van der Waals surface area (Å²) in [5, 5.41) is 2.82. The van der Waals surface area contributed by atoms with Gasteiger partial charge in [0, 0.05) is 5.69 Å². The van der Waals surface area contributed by atoms with Crippen molar-refractivity contribution in [2.24, 2.45) is 0 Å². The van der Waals surface area contributed by atoms with Crippen LogP contribution < -0.4 is 24.6 Å². The van der Waals surface area contributed by atoms with Gasteiger partial charge in [-0.15, -0.1) is 0 Å². The first-order chi connectivity index (χ1) is 21.3. The molecule has 0 atom stereocenters. The van der Waals surface area contributed by atoms with E-state index in [4.69, 9.17) is 9.47 Å². The van der Waals surface area contributed by atoms with Crippen LogP contribution >= 0.6 is 15.9 Å². The van der Waals surface area contributed by atoms with E-state index < -0.39 is 17.8 Å². The first-order valence-electron chi connectivity index (χ1n) is 13.8. The van der Waals surface area contributed by atoms with E-state index in [1.807, 2.05) is 25.1 Å². The molecule has 0 aliphatic carbocycles. The van der Waals surface area contributed by atoms with Crippen molar-refractivity contribution in [3.8, 4) is 11.5 Å². The summed E-state index contributed by atoms with van der Waals surface area (Å²) >= 11 is 3.49. The number of amides is 5. The number of barbiturate groups is 1. The van der Waals surface area contributed by atoms with Crippen LogP contribution in [0.25, 0.3) is 6.08 Å². The number of halogens is 1. The predicted molar refractivity (Wildman–Crippen MR) is 172 cm³/mol. The number of nitrogens with zero attached hydrogens (tertiary/aromatic N) is 2. The van der Waals surface area contributed by atoms with Gasteiger partial charge in [-0.3, -0.25) is 14.4 Å². The maximum absolute atomic E-state index is 13.7. The molecule has 1 fully saturated rings. The van der Waals surface area contributed by atoms with Crippen LogP contribution in [0, 0.1) is 6.92 Å². The van der Waals surface area contributed by atoms with Crippen LogP contribution in [0.5, 0.6) is 11.5 Å². The number of hydrogen-bond acceptors (Lipinski definition) is 6. The van der Waals surface area contributed by atoms with Gasteiger partial charge in [-0.25, -0.2) is 14.6 Å². The van der Waals surface area contributed by atoms with Gasteiger partial charge < -0.3 is 14.8 Å². The Hall–Kier alpha value is -5.22. The molecule has 5 rings (SSSR count). The molecule has 1 aliphatic heterocycles. The summed E-state index contributed by atoms with van der Waals surface area (Å²) in [6.07, 6.45) is 1.41. The number of hydrogen-bond donors (Lipinski definition) is 1. The fraction of sp³-hybridized carbons (Fsp3) is 0.118. The minimum atomic E-state index is -0.779. The first-order valence-corrected chi connectivity index (χ1v) is 14.6. The molecule has 4 aromatic rings. The monoisotopic (exact) mass is 653 g/mol. The summed E-state index contributed by atoms with van der Waals surface area (Å²) in [5.41, 5.74) is 2.46. The molecule has 1 aliphatic rings. The standard InChI is InChI=1S/C34H28BrN3O6/c1-3-43-29-20-23(19-27(35)31(29)44-21-30(39)36-28-17-11-10-12-22(28)2)18-26-32(40)37(24-13-6-4-7-14-24)34(42)38(33(26)41)25-15-8-5-9-16-25/h4-20H,3,21H2,1-2H3,(H,36,39). The summed E-state index contributed by atoms with van der Waals surface area (Å²) in [4.78, 5) is 55.6. The second-order valence-corrected chi connectivity index (χ2v) is 10.6. The molecule has 0 radical (unpaired) electrons. The summed E-state index contributed by atoms with van der Waals surface area (Å²) in [6.45, 7) is 3.69. The lowest BCUT2D eigenvalue weighted by Crippen LogP contribution is -2.57. The number of aryl methyl sites for hydroxylation is 1. The minimum Gasteiger partial charge on any atom is -0.490 e. The number of nitrogens with one attached hydrogen (secondary N) is 1. The number of rotatable bonds is 9. The second-order valence-electron chi connectivity index (χ2n) is 9.71. The normalized spacial score (nSPS) is 13.2. The van der Waals surface area contributed by atoms with E-state index in [9.17, 15) is 19.2 Å². The zero-order valence-corrected chi connectivity index (χ0v) is 25.5. The minimum absolute atomic E-state index is 0.224. The van der Waals surface area contributed by atoms with Gasteiger partial charge in [0.25, 0.3) is 17.7 Å². The van der Waals surface area contributed by atoms with E-state index >= 15 is 0 Å². The summed E-state index contributed by atoms with van der Waals surface area (Å²) in [6, 6.07) is 26.7.